The lowest BCUT2D eigenvalue weighted by Gasteiger charge is -2.19. The minimum Gasteiger partial charge on any atom is -0.454 e. The van der Waals surface area contributed by atoms with Crippen molar-refractivity contribution in [1.82, 2.24) is 10.2 Å². The van der Waals surface area contributed by atoms with Crippen LogP contribution >= 0.6 is 11.8 Å². The Morgan fingerprint density at radius 2 is 1.83 bits per heavy atom. The summed E-state index contributed by atoms with van der Waals surface area (Å²) in [7, 11) is 0. The summed E-state index contributed by atoms with van der Waals surface area (Å²) in [6, 6.07) is 13.3. The molecule has 29 heavy (non-hydrogen) atoms. The average molecular weight is 411 g/mol. The summed E-state index contributed by atoms with van der Waals surface area (Å²) in [4.78, 5) is 12.2. The van der Waals surface area contributed by atoms with E-state index >= 15 is 0 Å². The van der Waals surface area contributed by atoms with Gasteiger partial charge in [-0.2, -0.15) is 0 Å². The van der Waals surface area contributed by atoms with Crippen LogP contribution in [-0.4, -0.2) is 28.7 Å². The van der Waals surface area contributed by atoms with Gasteiger partial charge in [-0.25, -0.2) is 0 Å². The number of fused-ring (bicyclic) bond motifs is 1. The van der Waals surface area contributed by atoms with Crippen LogP contribution in [0.2, 0.25) is 0 Å². The summed E-state index contributed by atoms with van der Waals surface area (Å²) in [5.41, 5.74) is 2.78. The maximum absolute atomic E-state index is 12.2. The van der Waals surface area contributed by atoms with Crippen molar-refractivity contribution in [3.05, 3.63) is 48.0 Å². The van der Waals surface area contributed by atoms with Crippen molar-refractivity contribution < 1.29 is 18.7 Å². The summed E-state index contributed by atoms with van der Waals surface area (Å²) < 4.78 is 16.3. The Morgan fingerprint density at radius 1 is 1.07 bits per heavy atom. The number of carbonyl (C=O) groups is 1. The molecule has 4 rings (SSSR count). The standard InChI is InChI=1S/C21H21N3O4S/c1-21(2,3)14-5-7-15(8-6-14)22-18(25)11-29-20-24-23-19(28-20)13-4-9-16-17(10-13)27-12-26-16/h4-10H,11-12H2,1-3H3,(H,22,25). The van der Waals surface area contributed by atoms with Gasteiger partial charge in [0.1, 0.15) is 0 Å². The predicted octanol–water partition coefficient (Wildman–Crippen LogP) is 4.49. The molecular weight excluding hydrogens is 390 g/mol. The van der Waals surface area contributed by atoms with E-state index in [0.29, 0.717) is 22.6 Å². The number of nitrogens with zero attached hydrogens (tertiary/aromatic N) is 2. The molecule has 0 fully saturated rings. The molecule has 0 atom stereocenters. The molecule has 8 heteroatoms. The van der Waals surface area contributed by atoms with E-state index < -0.39 is 0 Å². The number of benzene rings is 2. The van der Waals surface area contributed by atoms with E-state index in [1.807, 2.05) is 30.3 Å². The molecule has 0 saturated heterocycles. The maximum atomic E-state index is 12.2. The fourth-order valence-corrected chi connectivity index (χ4v) is 3.36. The van der Waals surface area contributed by atoms with Gasteiger partial charge in [-0.3, -0.25) is 4.79 Å². The minimum absolute atomic E-state index is 0.0754. The second-order valence-electron chi connectivity index (χ2n) is 7.61. The summed E-state index contributed by atoms with van der Waals surface area (Å²) in [5, 5.41) is 11.2. The Morgan fingerprint density at radius 3 is 2.59 bits per heavy atom. The molecule has 7 nitrogen and oxygen atoms in total. The Kier molecular flexibility index (Phi) is 5.19. The van der Waals surface area contributed by atoms with E-state index in [2.05, 4.69) is 36.3 Å². The molecule has 1 amide bonds. The van der Waals surface area contributed by atoms with Crippen LogP contribution in [0.25, 0.3) is 11.5 Å². The molecule has 0 unspecified atom stereocenters. The van der Waals surface area contributed by atoms with Crippen LogP contribution in [0.4, 0.5) is 5.69 Å². The molecule has 0 bridgehead atoms. The zero-order chi connectivity index (χ0) is 20.4. The predicted molar refractivity (Wildman–Crippen MR) is 110 cm³/mol. The molecule has 1 aliphatic heterocycles. The molecule has 3 aromatic rings. The van der Waals surface area contributed by atoms with Gasteiger partial charge < -0.3 is 19.2 Å². The van der Waals surface area contributed by atoms with Crippen molar-refractivity contribution in [2.24, 2.45) is 0 Å². The molecule has 0 spiro atoms. The number of hydrogen-bond acceptors (Lipinski definition) is 7. The van der Waals surface area contributed by atoms with Crippen molar-refractivity contribution in [3.8, 4) is 23.0 Å². The van der Waals surface area contributed by atoms with Gasteiger partial charge in [0.25, 0.3) is 5.22 Å². The second kappa shape index (κ2) is 7.79. The molecule has 2 aromatic carbocycles. The van der Waals surface area contributed by atoms with E-state index in [-0.39, 0.29) is 23.9 Å². The highest BCUT2D eigenvalue weighted by Crippen LogP contribution is 2.36. The number of rotatable bonds is 5. The molecule has 1 aromatic heterocycles. The van der Waals surface area contributed by atoms with E-state index in [1.54, 1.807) is 12.1 Å². The summed E-state index contributed by atoms with van der Waals surface area (Å²) in [6.45, 7) is 6.66. The number of anilines is 1. The Hall–Kier alpha value is -3.00. The number of ether oxygens (including phenoxy) is 2. The normalized spacial score (nSPS) is 12.8. The molecule has 150 valence electrons. The average Bonchev–Trinajstić information content (AvgIpc) is 3.35. The first-order valence-corrected chi connectivity index (χ1v) is 10.1. The fraction of sp³-hybridized carbons (Fsp3) is 0.286. The van der Waals surface area contributed by atoms with E-state index in [1.165, 1.54) is 17.3 Å². The van der Waals surface area contributed by atoms with Crippen molar-refractivity contribution in [3.63, 3.8) is 0 Å². The van der Waals surface area contributed by atoms with Gasteiger partial charge in [-0.05, 0) is 41.3 Å². The van der Waals surface area contributed by atoms with Gasteiger partial charge in [-0.15, -0.1) is 10.2 Å². The molecule has 0 aliphatic carbocycles. The smallest absolute Gasteiger partial charge is 0.277 e. The highest BCUT2D eigenvalue weighted by Gasteiger charge is 2.17. The lowest BCUT2D eigenvalue weighted by Crippen LogP contribution is -2.15. The van der Waals surface area contributed by atoms with Crippen LogP contribution in [0.3, 0.4) is 0 Å². The van der Waals surface area contributed by atoms with Gasteiger partial charge in [-0.1, -0.05) is 44.7 Å². The molecule has 2 heterocycles. The third kappa shape index (κ3) is 4.54. The first-order chi connectivity index (χ1) is 13.9. The Balaban J connectivity index is 1.33. The zero-order valence-electron chi connectivity index (χ0n) is 16.4. The topological polar surface area (TPSA) is 86.5 Å². The van der Waals surface area contributed by atoms with E-state index in [4.69, 9.17) is 13.9 Å². The minimum atomic E-state index is -0.138. The second-order valence-corrected chi connectivity index (χ2v) is 8.53. The highest BCUT2D eigenvalue weighted by atomic mass is 32.2. The van der Waals surface area contributed by atoms with Crippen molar-refractivity contribution >= 4 is 23.4 Å². The van der Waals surface area contributed by atoms with E-state index in [0.717, 1.165) is 11.3 Å². The zero-order valence-corrected chi connectivity index (χ0v) is 17.2. The number of nitrogens with one attached hydrogen (secondary N) is 1. The van der Waals surface area contributed by atoms with Crippen molar-refractivity contribution in [1.29, 1.82) is 0 Å². The van der Waals surface area contributed by atoms with Gasteiger partial charge >= 0.3 is 0 Å². The first kappa shape index (κ1) is 19.3. The third-order valence-electron chi connectivity index (χ3n) is 4.39. The quantitative estimate of drug-likeness (QED) is 0.619. The Bertz CT molecular complexity index is 1030. The summed E-state index contributed by atoms with van der Waals surface area (Å²) in [5.74, 6) is 1.73. The SMILES string of the molecule is CC(C)(C)c1ccc(NC(=O)CSc2nnc(-c3ccc4c(c3)OCO4)o2)cc1. The first-order valence-electron chi connectivity index (χ1n) is 9.15. The summed E-state index contributed by atoms with van der Waals surface area (Å²) in [6.07, 6.45) is 0. The lowest BCUT2D eigenvalue weighted by molar-refractivity contribution is -0.113. The van der Waals surface area contributed by atoms with Crippen molar-refractivity contribution in [2.45, 2.75) is 31.4 Å². The number of thioether (sulfide) groups is 1. The number of amides is 1. The van der Waals surface area contributed by atoms with Gasteiger partial charge in [0.2, 0.25) is 18.6 Å². The van der Waals surface area contributed by atoms with E-state index in [9.17, 15) is 4.79 Å². The molecular formula is C21H21N3O4S. The Labute approximate surface area is 172 Å². The number of hydrogen-bond donors (Lipinski definition) is 1. The van der Waals surface area contributed by atoms with Crippen LogP contribution in [0.5, 0.6) is 11.5 Å². The number of aromatic nitrogens is 2. The van der Waals surface area contributed by atoms with Crippen LogP contribution in [-0.2, 0) is 10.2 Å². The maximum Gasteiger partial charge on any atom is 0.277 e. The van der Waals surface area contributed by atoms with Crippen LogP contribution in [0.1, 0.15) is 26.3 Å². The molecule has 1 aliphatic rings. The molecule has 0 radical (unpaired) electrons. The van der Waals surface area contributed by atoms with Crippen molar-refractivity contribution in [2.75, 3.05) is 17.9 Å². The van der Waals surface area contributed by atoms with Gasteiger partial charge in [0.05, 0.1) is 5.75 Å². The fourth-order valence-electron chi connectivity index (χ4n) is 2.79. The molecule has 0 saturated carbocycles. The number of carbonyl (C=O) groups excluding carboxylic acids is 1. The largest absolute Gasteiger partial charge is 0.454 e. The van der Waals surface area contributed by atoms with Crippen LogP contribution in [0, 0.1) is 0 Å². The summed E-state index contributed by atoms with van der Waals surface area (Å²) >= 11 is 1.19. The van der Waals surface area contributed by atoms with Gasteiger partial charge in [0, 0.05) is 11.3 Å². The monoisotopic (exact) mass is 411 g/mol. The molecule has 1 N–H and O–H groups in total. The van der Waals surface area contributed by atoms with Crippen LogP contribution < -0.4 is 14.8 Å². The highest BCUT2D eigenvalue weighted by molar-refractivity contribution is 7.99. The van der Waals surface area contributed by atoms with Gasteiger partial charge in [0.15, 0.2) is 11.5 Å². The van der Waals surface area contributed by atoms with Crippen LogP contribution in [0.15, 0.2) is 52.1 Å². The third-order valence-corrected chi connectivity index (χ3v) is 5.21. The lowest BCUT2D eigenvalue weighted by atomic mass is 9.87.